The van der Waals surface area contributed by atoms with Crippen LogP contribution in [0.15, 0.2) is 30.3 Å². The summed E-state index contributed by atoms with van der Waals surface area (Å²) < 4.78 is 0. The fourth-order valence-corrected chi connectivity index (χ4v) is 1.77. The van der Waals surface area contributed by atoms with E-state index in [1.165, 1.54) is 0 Å². The predicted octanol–water partition coefficient (Wildman–Crippen LogP) is 0.835. The first-order valence-corrected chi connectivity index (χ1v) is 6.11. The molecule has 0 spiro atoms. The SMILES string of the molecule is N=C(N)N(C(=O)c1nc(Cl)c(N)nc1N)c1ccccc1. The van der Waals surface area contributed by atoms with Gasteiger partial charge in [-0.15, -0.1) is 0 Å². The Kier molecular flexibility index (Phi) is 3.90. The molecule has 1 aromatic heterocycles. The van der Waals surface area contributed by atoms with Crippen LogP contribution in [0.4, 0.5) is 17.3 Å². The molecule has 0 radical (unpaired) electrons. The molecule has 21 heavy (non-hydrogen) atoms. The number of para-hydroxylation sites is 1. The van der Waals surface area contributed by atoms with Gasteiger partial charge in [0.2, 0.25) is 0 Å². The Morgan fingerprint density at radius 2 is 1.76 bits per heavy atom. The third kappa shape index (κ3) is 2.84. The quantitative estimate of drug-likeness (QED) is 0.477. The number of nitrogens with one attached hydrogen (secondary N) is 1. The standard InChI is InChI=1S/C12H12ClN7O/c13-8-10(15)19-9(14)7(18-8)11(21)20(12(16)17)6-4-2-1-3-5-6/h1-5H,(H3,16,17)(H4,14,15,19). The van der Waals surface area contributed by atoms with Crippen molar-refractivity contribution in [1.82, 2.24) is 9.97 Å². The largest absolute Gasteiger partial charge is 0.382 e. The van der Waals surface area contributed by atoms with E-state index in [4.69, 9.17) is 34.2 Å². The van der Waals surface area contributed by atoms with E-state index < -0.39 is 11.9 Å². The van der Waals surface area contributed by atoms with Crippen molar-refractivity contribution in [2.45, 2.75) is 0 Å². The summed E-state index contributed by atoms with van der Waals surface area (Å²) in [5, 5.41) is 7.42. The first-order valence-electron chi connectivity index (χ1n) is 5.74. The molecule has 0 aliphatic heterocycles. The molecule has 2 rings (SSSR count). The van der Waals surface area contributed by atoms with E-state index in [9.17, 15) is 4.79 Å². The van der Waals surface area contributed by atoms with Crippen LogP contribution in [-0.2, 0) is 0 Å². The van der Waals surface area contributed by atoms with Crippen LogP contribution in [-0.4, -0.2) is 21.8 Å². The van der Waals surface area contributed by atoms with E-state index in [0.717, 1.165) is 4.90 Å². The second kappa shape index (κ2) is 5.63. The first kappa shape index (κ1) is 14.5. The highest BCUT2D eigenvalue weighted by atomic mass is 35.5. The van der Waals surface area contributed by atoms with Gasteiger partial charge in [-0.2, -0.15) is 0 Å². The second-order valence-electron chi connectivity index (χ2n) is 3.99. The maximum absolute atomic E-state index is 12.5. The summed E-state index contributed by atoms with van der Waals surface area (Å²) in [6.07, 6.45) is 0. The van der Waals surface area contributed by atoms with E-state index in [2.05, 4.69) is 9.97 Å². The Morgan fingerprint density at radius 3 is 2.33 bits per heavy atom. The summed E-state index contributed by atoms with van der Waals surface area (Å²) in [6, 6.07) is 8.39. The van der Waals surface area contributed by atoms with E-state index in [1.807, 2.05) is 0 Å². The number of aromatic nitrogens is 2. The lowest BCUT2D eigenvalue weighted by Gasteiger charge is -2.20. The van der Waals surface area contributed by atoms with Crippen LogP contribution in [0.5, 0.6) is 0 Å². The number of amides is 1. The summed E-state index contributed by atoms with van der Waals surface area (Å²) in [7, 11) is 0. The van der Waals surface area contributed by atoms with Crippen LogP contribution in [0.1, 0.15) is 10.5 Å². The molecule has 8 nitrogen and oxygen atoms in total. The number of hydrogen-bond donors (Lipinski definition) is 4. The Morgan fingerprint density at radius 1 is 1.14 bits per heavy atom. The number of nitrogens with two attached hydrogens (primary N) is 3. The molecule has 7 N–H and O–H groups in total. The number of rotatable bonds is 2. The lowest BCUT2D eigenvalue weighted by molar-refractivity contribution is 0.0998. The van der Waals surface area contributed by atoms with Crippen LogP contribution in [0.3, 0.4) is 0 Å². The van der Waals surface area contributed by atoms with E-state index in [-0.39, 0.29) is 22.5 Å². The van der Waals surface area contributed by atoms with Gasteiger partial charge in [0, 0.05) is 0 Å². The van der Waals surface area contributed by atoms with Gasteiger partial charge in [0.1, 0.15) is 0 Å². The Hall–Kier alpha value is -2.87. The zero-order chi connectivity index (χ0) is 15.6. The number of hydrogen-bond acceptors (Lipinski definition) is 6. The minimum absolute atomic E-state index is 0.0835. The monoisotopic (exact) mass is 305 g/mol. The Labute approximate surface area is 125 Å². The average molecular weight is 306 g/mol. The van der Waals surface area contributed by atoms with Crippen molar-refractivity contribution in [3.8, 4) is 0 Å². The average Bonchev–Trinajstić information content (AvgIpc) is 2.43. The molecule has 1 amide bonds. The van der Waals surface area contributed by atoms with Gasteiger partial charge < -0.3 is 17.2 Å². The van der Waals surface area contributed by atoms with Gasteiger partial charge >= 0.3 is 0 Å². The van der Waals surface area contributed by atoms with E-state index in [1.54, 1.807) is 30.3 Å². The van der Waals surface area contributed by atoms with Crippen molar-refractivity contribution in [2.24, 2.45) is 5.73 Å². The number of guanidine groups is 1. The number of benzene rings is 1. The summed E-state index contributed by atoms with van der Waals surface area (Å²) in [5.74, 6) is -1.48. The first-order chi connectivity index (χ1) is 9.91. The van der Waals surface area contributed by atoms with Crippen molar-refractivity contribution >= 4 is 40.8 Å². The van der Waals surface area contributed by atoms with E-state index in [0.29, 0.717) is 5.69 Å². The molecule has 1 aromatic carbocycles. The maximum atomic E-state index is 12.5. The van der Waals surface area contributed by atoms with Crippen LogP contribution in [0.25, 0.3) is 0 Å². The van der Waals surface area contributed by atoms with Crippen molar-refractivity contribution in [3.63, 3.8) is 0 Å². The van der Waals surface area contributed by atoms with Crippen molar-refractivity contribution in [2.75, 3.05) is 16.4 Å². The third-order valence-corrected chi connectivity index (χ3v) is 2.84. The number of carbonyl (C=O) groups excluding carboxylic acids is 1. The molecule has 0 aliphatic rings. The molecule has 2 aromatic rings. The van der Waals surface area contributed by atoms with Crippen LogP contribution < -0.4 is 22.1 Å². The molecule has 0 aliphatic carbocycles. The van der Waals surface area contributed by atoms with Gasteiger partial charge in [-0.25, -0.2) is 14.9 Å². The molecule has 0 bridgehead atoms. The maximum Gasteiger partial charge on any atom is 0.287 e. The number of nitrogen functional groups attached to an aromatic ring is 2. The Bertz CT molecular complexity index is 704. The summed E-state index contributed by atoms with van der Waals surface area (Å²) >= 11 is 5.75. The minimum Gasteiger partial charge on any atom is -0.382 e. The summed E-state index contributed by atoms with van der Waals surface area (Å²) in [5.41, 5.74) is 16.7. The highest BCUT2D eigenvalue weighted by Crippen LogP contribution is 2.21. The van der Waals surface area contributed by atoms with Gasteiger partial charge in [0.15, 0.2) is 28.4 Å². The summed E-state index contributed by atoms with van der Waals surface area (Å²) in [6.45, 7) is 0. The van der Waals surface area contributed by atoms with Crippen molar-refractivity contribution < 1.29 is 4.79 Å². The lowest BCUT2D eigenvalue weighted by atomic mass is 10.2. The molecule has 9 heteroatoms. The van der Waals surface area contributed by atoms with Crippen LogP contribution in [0.2, 0.25) is 5.15 Å². The third-order valence-electron chi connectivity index (χ3n) is 2.57. The van der Waals surface area contributed by atoms with Gasteiger partial charge in [-0.3, -0.25) is 10.2 Å². The van der Waals surface area contributed by atoms with Gasteiger partial charge in [-0.05, 0) is 12.1 Å². The molecule has 0 saturated heterocycles. The zero-order valence-electron chi connectivity index (χ0n) is 10.7. The van der Waals surface area contributed by atoms with Gasteiger partial charge in [0.05, 0.1) is 5.69 Å². The fraction of sp³-hybridized carbons (Fsp3) is 0. The smallest absolute Gasteiger partial charge is 0.287 e. The van der Waals surface area contributed by atoms with Crippen molar-refractivity contribution in [3.05, 3.63) is 41.2 Å². The van der Waals surface area contributed by atoms with E-state index >= 15 is 0 Å². The van der Waals surface area contributed by atoms with Crippen LogP contribution >= 0.6 is 11.6 Å². The molecule has 0 atom stereocenters. The molecule has 0 fully saturated rings. The number of nitrogens with zero attached hydrogens (tertiary/aromatic N) is 3. The second-order valence-corrected chi connectivity index (χ2v) is 4.35. The fourth-order valence-electron chi connectivity index (χ4n) is 1.65. The zero-order valence-corrected chi connectivity index (χ0v) is 11.5. The topological polar surface area (TPSA) is 148 Å². The molecular weight excluding hydrogens is 294 g/mol. The van der Waals surface area contributed by atoms with Gasteiger partial charge in [0.25, 0.3) is 5.91 Å². The molecule has 1 heterocycles. The number of halogens is 1. The predicted molar refractivity (Wildman–Crippen MR) is 81.0 cm³/mol. The highest BCUT2D eigenvalue weighted by Gasteiger charge is 2.25. The molecule has 0 saturated carbocycles. The minimum atomic E-state index is -0.722. The summed E-state index contributed by atoms with van der Waals surface area (Å²) in [4.78, 5) is 21.0. The molecule has 0 unspecified atom stereocenters. The lowest BCUT2D eigenvalue weighted by Crippen LogP contribution is -2.42. The molecular formula is C12H12ClN7O. The normalized spacial score (nSPS) is 10.1. The van der Waals surface area contributed by atoms with Gasteiger partial charge in [-0.1, -0.05) is 29.8 Å². The number of carbonyl (C=O) groups is 1. The molecule has 108 valence electrons. The van der Waals surface area contributed by atoms with Crippen LogP contribution in [0, 0.1) is 5.41 Å². The van der Waals surface area contributed by atoms with Crippen molar-refractivity contribution in [1.29, 1.82) is 5.41 Å². The highest BCUT2D eigenvalue weighted by molar-refractivity contribution is 6.32. The Balaban J connectivity index is 2.50. The number of anilines is 3.